The average Bonchev–Trinajstić information content (AvgIpc) is 3.43. The fraction of sp³-hybridized carbons (Fsp3) is 0.200. The number of hydrogen-bond acceptors (Lipinski definition) is 11. The predicted molar refractivity (Wildman–Crippen MR) is 134 cm³/mol. The number of ketones is 1. The number of nitrogens with zero attached hydrogens (tertiary/aromatic N) is 3. The molecule has 0 radical (unpaired) electrons. The molecule has 1 N–H and O–H groups in total. The third-order valence-electron chi connectivity index (χ3n) is 6.04. The molecule has 5 rings (SSSR count). The van der Waals surface area contributed by atoms with E-state index in [1.54, 1.807) is 13.0 Å². The molecule has 194 valence electrons. The molecule has 1 unspecified atom stereocenters. The van der Waals surface area contributed by atoms with Crippen molar-refractivity contribution >= 4 is 45.6 Å². The first-order valence-electron chi connectivity index (χ1n) is 11.2. The first-order chi connectivity index (χ1) is 18.2. The molecule has 0 bridgehead atoms. The molecule has 0 spiro atoms. The number of thiazole rings is 1. The van der Waals surface area contributed by atoms with Crippen LogP contribution in [0.3, 0.4) is 0 Å². The van der Waals surface area contributed by atoms with Gasteiger partial charge in [0.2, 0.25) is 0 Å². The van der Waals surface area contributed by atoms with Gasteiger partial charge in [-0.3, -0.25) is 24.6 Å². The van der Waals surface area contributed by atoms with Crippen LogP contribution in [-0.2, 0) is 14.3 Å². The molecule has 1 atom stereocenters. The van der Waals surface area contributed by atoms with E-state index in [0.29, 0.717) is 30.3 Å². The van der Waals surface area contributed by atoms with Crippen LogP contribution in [0.15, 0.2) is 48.0 Å². The van der Waals surface area contributed by atoms with Gasteiger partial charge >= 0.3 is 11.9 Å². The van der Waals surface area contributed by atoms with Gasteiger partial charge in [-0.25, -0.2) is 9.78 Å². The van der Waals surface area contributed by atoms with Crippen LogP contribution in [0.2, 0.25) is 0 Å². The summed E-state index contributed by atoms with van der Waals surface area (Å²) in [4.78, 5) is 55.0. The number of aliphatic hydroxyl groups is 1. The van der Waals surface area contributed by atoms with Gasteiger partial charge in [0.1, 0.15) is 23.9 Å². The van der Waals surface area contributed by atoms with Gasteiger partial charge in [0, 0.05) is 17.7 Å². The number of nitro benzene ring substituents is 1. The third-order valence-corrected chi connectivity index (χ3v) is 7.18. The largest absolute Gasteiger partial charge is 0.507 e. The van der Waals surface area contributed by atoms with Gasteiger partial charge in [-0.1, -0.05) is 11.3 Å². The van der Waals surface area contributed by atoms with E-state index in [1.807, 2.05) is 0 Å². The quantitative estimate of drug-likeness (QED) is 0.127. The third kappa shape index (κ3) is 4.12. The van der Waals surface area contributed by atoms with Crippen molar-refractivity contribution in [2.45, 2.75) is 13.0 Å². The number of methoxy groups -OCH3 is 1. The number of hydrogen-bond donors (Lipinski definition) is 1. The predicted octanol–water partition coefficient (Wildman–Crippen LogP) is 3.54. The number of non-ortho nitro benzene ring substituents is 1. The van der Waals surface area contributed by atoms with Gasteiger partial charge in [-0.2, -0.15) is 0 Å². The SMILES string of the molecule is COC(=O)c1sc(N2C(=O)C(=O)/C(=C(/O)c3ccc4c(c3)OCCO4)C2c2ccc([N+](=O)[O-])cc2)nc1C. The van der Waals surface area contributed by atoms with E-state index in [9.17, 15) is 29.6 Å². The molecule has 1 amide bonds. The second kappa shape index (κ2) is 9.59. The highest BCUT2D eigenvalue weighted by molar-refractivity contribution is 7.17. The number of rotatable bonds is 5. The Hall–Kier alpha value is -4.78. The molecule has 2 aliphatic heterocycles. The van der Waals surface area contributed by atoms with E-state index in [2.05, 4.69) is 4.98 Å². The van der Waals surface area contributed by atoms with Crippen LogP contribution >= 0.6 is 11.3 Å². The molecular weight excluding hydrogens is 518 g/mol. The number of fused-ring (bicyclic) bond motifs is 1. The van der Waals surface area contributed by atoms with Gasteiger partial charge < -0.3 is 19.3 Å². The lowest BCUT2D eigenvalue weighted by molar-refractivity contribution is -0.384. The molecule has 38 heavy (non-hydrogen) atoms. The summed E-state index contributed by atoms with van der Waals surface area (Å²) in [5.41, 5.74) is 0.336. The number of carbonyl (C=O) groups excluding carboxylic acids is 3. The first-order valence-corrected chi connectivity index (χ1v) is 12.0. The van der Waals surface area contributed by atoms with Crippen molar-refractivity contribution in [1.29, 1.82) is 0 Å². The number of aromatic nitrogens is 1. The number of ether oxygens (including phenoxy) is 3. The van der Waals surface area contributed by atoms with Crippen molar-refractivity contribution < 1.29 is 38.6 Å². The molecule has 1 aromatic heterocycles. The number of anilines is 1. The van der Waals surface area contributed by atoms with Gasteiger partial charge in [0.05, 0.1) is 29.3 Å². The highest BCUT2D eigenvalue weighted by atomic mass is 32.1. The Labute approximate surface area is 218 Å². The summed E-state index contributed by atoms with van der Waals surface area (Å²) in [5.74, 6) is -2.29. The number of carbonyl (C=O) groups is 3. The van der Waals surface area contributed by atoms with Crippen LogP contribution in [0.1, 0.15) is 32.5 Å². The molecular formula is C25H19N3O9S. The van der Waals surface area contributed by atoms with Crippen LogP contribution in [0, 0.1) is 17.0 Å². The average molecular weight is 538 g/mol. The van der Waals surface area contributed by atoms with Crippen LogP contribution in [0.4, 0.5) is 10.8 Å². The number of nitro groups is 1. The summed E-state index contributed by atoms with van der Waals surface area (Å²) in [6, 6.07) is 8.63. The first kappa shape index (κ1) is 24.9. The summed E-state index contributed by atoms with van der Waals surface area (Å²) in [7, 11) is 1.21. The summed E-state index contributed by atoms with van der Waals surface area (Å²) in [6.07, 6.45) is 0. The maximum Gasteiger partial charge on any atom is 0.350 e. The van der Waals surface area contributed by atoms with E-state index >= 15 is 0 Å². The number of aliphatic hydroxyl groups excluding tert-OH is 1. The number of Topliss-reactive ketones (excluding diaryl/α,β-unsaturated/α-hetero) is 1. The lowest BCUT2D eigenvalue weighted by atomic mass is 9.95. The minimum absolute atomic E-state index is 0.0228. The monoisotopic (exact) mass is 537 g/mol. The van der Waals surface area contributed by atoms with Crippen molar-refractivity contribution in [3.63, 3.8) is 0 Å². The van der Waals surface area contributed by atoms with E-state index in [-0.39, 0.29) is 32.5 Å². The Kier molecular flexibility index (Phi) is 6.28. The smallest absolute Gasteiger partial charge is 0.350 e. The van der Waals surface area contributed by atoms with Crippen LogP contribution in [0.5, 0.6) is 11.5 Å². The lowest BCUT2D eigenvalue weighted by Gasteiger charge is -2.23. The molecule has 0 saturated carbocycles. The Morgan fingerprint density at radius 1 is 1.16 bits per heavy atom. The summed E-state index contributed by atoms with van der Waals surface area (Å²) < 4.78 is 15.9. The van der Waals surface area contributed by atoms with Crippen LogP contribution < -0.4 is 14.4 Å². The maximum absolute atomic E-state index is 13.3. The second-order valence-corrected chi connectivity index (χ2v) is 9.26. The zero-order chi connectivity index (χ0) is 27.1. The molecule has 2 aromatic carbocycles. The molecule has 3 heterocycles. The molecule has 13 heteroatoms. The minimum atomic E-state index is -1.19. The summed E-state index contributed by atoms with van der Waals surface area (Å²) in [5, 5.41) is 22.5. The topological polar surface area (TPSA) is 158 Å². The van der Waals surface area contributed by atoms with Crippen LogP contribution in [0.25, 0.3) is 5.76 Å². The molecule has 1 fully saturated rings. The van der Waals surface area contributed by atoms with Gasteiger partial charge in [-0.15, -0.1) is 0 Å². The fourth-order valence-corrected chi connectivity index (χ4v) is 5.25. The highest BCUT2D eigenvalue weighted by Crippen LogP contribution is 2.45. The highest BCUT2D eigenvalue weighted by Gasteiger charge is 2.48. The number of aryl methyl sites for hydroxylation is 1. The Morgan fingerprint density at radius 3 is 2.50 bits per heavy atom. The Morgan fingerprint density at radius 2 is 1.84 bits per heavy atom. The van der Waals surface area contributed by atoms with E-state index < -0.39 is 34.4 Å². The lowest BCUT2D eigenvalue weighted by Crippen LogP contribution is -2.29. The van der Waals surface area contributed by atoms with Crippen LogP contribution in [-0.4, -0.2) is 53.0 Å². The van der Waals surface area contributed by atoms with Crippen molar-refractivity contribution in [2.24, 2.45) is 0 Å². The molecule has 2 aliphatic rings. The normalized spacial score (nSPS) is 17.9. The molecule has 12 nitrogen and oxygen atoms in total. The van der Waals surface area contributed by atoms with Crippen molar-refractivity contribution in [1.82, 2.24) is 4.98 Å². The van der Waals surface area contributed by atoms with E-state index in [0.717, 1.165) is 16.2 Å². The molecule has 0 aliphatic carbocycles. The molecule has 1 saturated heterocycles. The summed E-state index contributed by atoms with van der Waals surface area (Å²) >= 11 is 0.848. The zero-order valence-corrected chi connectivity index (χ0v) is 20.8. The van der Waals surface area contributed by atoms with Gasteiger partial charge in [0.15, 0.2) is 16.6 Å². The van der Waals surface area contributed by atoms with Crippen molar-refractivity contribution in [3.8, 4) is 11.5 Å². The maximum atomic E-state index is 13.3. The van der Waals surface area contributed by atoms with Crippen molar-refractivity contribution in [3.05, 3.63) is 79.8 Å². The minimum Gasteiger partial charge on any atom is -0.507 e. The summed E-state index contributed by atoms with van der Waals surface area (Å²) in [6.45, 7) is 2.22. The standard InChI is InChI=1S/C25H19N3O9S/c1-12-22(24(32)35-2)38-25(26-12)27-19(13-3-6-15(7-4-13)28(33)34)18(21(30)23(27)31)20(29)14-5-8-16-17(11-14)37-10-9-36-16/h3-8,11,19,29H,9-10H2,1-2H3/b20-18+. The Balaban J connectivity index is 1.69. The van der Waals surface area contributed by atoms with E-state index in [1.165, 1.54) is 43.5 Å². The zero-order valence-electron chi connectivity index (χ0n) is 20.0. The second-order valence-electron chi connectivity index (χ2n) is 8.28. The number of benzene rings is 2. The fourth-order valence-electron chi connectivity index (χ4n) is 4.24. The Bertz CT molecular complexity index is 1530. The van der Waals surface area contributed by atoms with Crippen molar-refractivity contribution in [2.75, 3.05) is 25.2 Å². The van der Waals surface area contributed by atoms with Gasteiger partial charge in [-0.05, 0) is 42.8 Å². The number of amides is 1. The number of esters is 1. The molecule has 3 aromatic rings. The van der Waals surface area contributed by atoms with Gasteiger partial charge in [0.25, 0.3) is 11.5 Å². The van der Waals surface area contributed by atoms with E-state index in [4.69, 9.17) is 14.2 Å².